The molecule has 0 saturated carbocycles. The Morgan fingerprint density at radius 2 is 2.12 bits per heavy atom. The summed E-state index contributed by atoms with van der Waals surface area (Å²) in [6, 6.07) is 7.51. The number of esters is 1. The first-order chi connectivity index (χ1) is 7.72. The summed E-state index contributed by atoms with van der Waals surface area (Å²) in [6.45, 7) is 1.33. The molecule has 82 valence electrons. The molecular weight excluding hydrogens is 206 g/mol. The molecule has 0 aliphatic heterocycles. The third-order valence-corrected chi connectivity index (χ3v) is 2.38. The van der Waals surface area contributed by atoms with E-state index in [4.69, 9.17) is 9.94 Å². The molecular formula is C12H11NO3. The minimum atomic E-state index is -0.622. The Hall–Kier alpha value is -2.10. The van der Waals surface area contributed by atoms with Crippen LogP contribution in [-0.2, 0) is 9.53 Å². The Labute approximate surface area is 92.8 Å². The zero-order chi connectivity index (χ0) is 11.5. The average molecular weight is 217 g/mol. The van der Waals surface area contributed by atoms with Crippen molar-refractivity contribution in [3.63, 3.8) is 0 Å². The van der Waals surface area contributed by atoms with Crippen molar-refractivity contribution in [3.8, 4) is 0 Å². The number of hydrogen-bond acceptors (Lipinski definition) is 4. The summed E-state index contributed by atoms with van der Waals surface area (Å²) in [7, 11) is 0. The molecule has 1 unspecified atom stereocenters. The van der Waals surface area contributed by atoms with Crippen molar-refractivity contribution < 1.29 is 14.7 Å². The first-order valence-electron chi connectivity index (χ1n) is 4.88. The van der Waals surface area contributed by atoms with Gasteiger partial charge in [0.2, 0.25) is 0 Å². The molecule has 1 aliphatic rings. The van der Waals surface area contributed by atoms with Crippen LogP contribution in [-0.4, -0.2) is 16.9 Å². The van der Waals surface area contributed by atoms with Crippen LogP contribution < -0.4 is 0 Å². The van der Waals surface area contributed by atoms with Crippen LogP contribution in [0.4, 0.5) is 0 Å². The Kier molecular flexibility index (Phi) is 2.72. The van der Waals surface area contributed by atoms with E-state index in [-0.39, 0.29) is 0 Å². The minimum absolute atomic E-state index is 0.328. The van der Waals surface area contributed by atoms with E-state index in [9.17, 15) is 4.79 Å². The van der Waals surface area contributed by atoms with Crippen LogP contribution in [0.15, 0.2) is 35.5 Å². The number of carbonyl (C=O) groups is 1. The van der Waals surface area contributed by atoms with Gasteiger partial charge in [-0.2, -0.15) is 0 Å². The molecule has 1 N–H and O–H groups in total. The fourth-order valence-electron chi connectivity index (χ4n) is 1.70. The monoisotopic (exact) mass is 217 g/mol. The zero-order valence-electron chi connectivity index (χ0n) is 8.75. The molecule has 4 heteroatoms. The van der Waals surface area contributed by atoms with Gasteiger partial charge in [0, 0.05) is 12.5 Å². The number of nitrogens with zero attached hydrogens (tertiary/aromatic N) is 1. The van der Waals surface area contributed by atoms with Gasteiger partial charge in [-0.1, -0.05) is 35.5 Å². The van der Waals surface area contributed by atoms with Gasteiger partial charge >= 0.3 is 5.97 Å². The Morgan fingerprint density at radius 1 is 1.38 bits per heavy atom. The zero-order valence-corrected chi connectivity index (χ0v) is 8.75. The maximum atomic E-state index is 11.0. The van der Waals surface area contributed by atoms with Crippen molar-refractivity contribution in [3.05, 3.63) is 41.5 Å². The summed E-state index contributed by atoms with van der Waals surface area (Å²) in [5.74, 6) is -0.406. The molecule has 0 radical (unpaired) electrons. The second-order valence-corrected chi connectivity index (χ2v) is 3.48. The number of ether oxygens (including phenoxy) is 1. The number of hydrogen-bond donors (Lipinski definition) is 1. The molecule has 0 spiro atoms. The molecule has 16 heavy (non-hydrogen) atoms. The third-order valence-electron chi connectivity index (χ3n) is 2.38. The van der Waals surface area contributed by atoms with Crippen molar-refractivity contribution in [2.75, 3.05) is 0 Å². The molecule has 0 fully saturated rings. The highest BCUT2D eigenvalue weighted by atomic mass is 16.5. The molecule has 0 heterocycles. The maximum absolute atomic E-state index is 11.0. The number of benzene rings is 1. The standard InChI is InChI=1S/C12H11NO3/c1-8(14)16-12-10-5-3-2-4-9(10)6-7-11(12)13-15/h2-7,12,15H,1H3/b13-11-. The van der Waals surface area contributed by atoms with Crippen LogP contribution in [0.1, 0.15) is 24.2 Å². The number of rotatable bonds is 1. The van der Waals surface area contributed by atoms with Crippen molar-refractivity contribution in [2.24, 2.45) is 5.16 Å². The number of oxime groups is 1. The van der Waals surface area contributed by atoms with Gasteiger partial charge in [0.25, 0.3) is 0 Å². The van der Waals surface area contributed by atoms with E-state index < -0.39 is 12.1 Å². The van der Waals surface area contributed by atoms with Crippen LogP contribution in [0.3, 0.4) is 0 Å². The van der Waals surface area contributed by atoms with Crippen molar-refractivity contribution in [2.45, 2.75) is 13.0 Å². The van der Waals surface area contributed by atoms with Crippen LogP contribution in [0, 0.1) is 0 Å². The molecule has 1 aromatic carbocycles. The van der Waals surface area contributed by atoms with E-state index in [1.165, 1.54) is 6.92 Å². The molecule has 1 aromatic rings. The van der Waals surface area contributed by atoms with E-state index in [1.54, 1.807) is 6.08 Å². The van der Waals surface area contributed by atoms with Crippen molar-refractivity contribution in [1.29, 1.82) is 0 Å². The first-order valence-corrected chi connectivity index (χ1v) is 4.88. The maximum Gasteiger partial charge on any atom is 0.303 e. The highest BCUT2D eigenvalue weighted by Gasteiger charge is 2.25. The second kappa shape index (κ2) is 4.18. The van der Waals surface area contributed by atoms with Crippen molar-refractivity contribution >= 4 is 17.8 Å². The lowest BCUT2D eigenvalue weighted by Gasteiger charge is -2.21. The van der Waals surface area contributed by atoms with E-state index >= 15 is 0 Å². The predicted octanol–water partition coefficient (Wildman–Crippen LogP) is 2.15. The molecule has 4 nitrogen and oxygen atoms in total. The van der Waals surface area contributed by atoms with Gasteiger partial charge in [-0.3, -0.25) is 4.79 Å². The molecule has 2 rings (SSSR count). The lowest BCUT2D eigenvalue weighted by atomic mass is 9.93. The van der Waals surface area contributed by atoms with Gasteiger partial charge in [0.1, 0.15) is 5.71 Å². The summed E-state index contributed by atoms with van der Waals surface area (Å²) < 4.78 is 5.14. The van der Waals surface area contributed by atoms with E-state index in [0.29, 0.717) is 5.71 Å². The van der Waals surface area contributed by atoms with Gasteiger partial charge in [-0.25, -0.2) is 0 Å². The predicted molar refractivity (Wildman–Crippen MR) is 59.2 cm³/mol. The molecule has 0 amide bonds. The van der Waals surface area contributed by atoms with Gasteiger partial charge in [0.15, 0.2) is 6.10 Å². The number of carbonyl (C=O) groups excluding carboxylic acids is 1. The summed E-state index contributed by atoms with van der Waals surface area (Å²) in [5.41, 5.74) is 2.11. The first kappa shape index (κ1) is 10.4. The van der Waals surface area contributed by atoms with Gasteiger partial charge in [-0.15, -0.1) is 0 Å². The largest absolute Gasteiger partial charge is 0.451 e. The lowest BCUT2D eigenvalue weighted by molar-refractivity contribution is -0.143. The fourth-order valence-corrected chi connectivity index (χ4v) is 1.70. The molecule has 1 atom stereocenters. The smallest absolute Gasteiger partial charge is 0.303 e. The second-order valence-electron chi connectivity index (χ2n) is 3.48. The SMILES string of the molecule is CC(=O)OC1/C(=N\O)C=Cc2ccccc21. The van der Waals surface area contributed by atoms with Crippen molar-refractivity contribution in [1.82, 2.24) is 0 Å². The molecule has 0 aromatic heterocycles. The Bertz CT molecular complexity index is 477. The van der Waals surface area contributed by atoms with Crippen LogP contribution in [0.5, 0.6) is 0 Å². The van der Waals surface area contributed by atoms with Crippen LogP contribution >= 0.6 is 0 Å². The highest BCUT2D eigenvalue weighted by Crippen LogP contribution is 2.28. The normalized spacial score (nSPS) is 20.6. The van der Waals surface area contributed by atoms with Crippen LogP contribution in [0.25, 0.3) is 6.08 Å². The quantitative estimate of drug-likeness (QED) is 0.445. The van der Waals surface area contributed by atoms with Gasteiger partial charge in [0.05, 0.1) is 0 Å². The van der Waals surface area contributed by atoms with E-state index in [1.807, 2.05) is 30.3 Å². The third kappa shape index (κ3) is 1.82. The van der Waals surface area contributed by atoms with Gasteiger partial charge in [-0.05, 0) is 11.6 Å². The fraction of sp³-hybridized carbons (Fsp3) is 0.167. The highest BCUT2D eigenvalue weighted by molar-refractivity contribution is 6.05. The molecule has 0 saturated heterocycles. The molecule has 1 aliphatic carbocycles. The Balaban J connectivity index is 2.46. The minimum Gasteiger partial charge on any atom is -0.451 e. The summed E-state index contributed by atoms with van der Waals surface area (Å²) in [5, 5.41) is 12.0. The number of fused-ring (bicyclic) bond motifs is 1. The average Bonchev–Trinajstić information content (AvgIpc) is 2.29. The van der Waals surface area contributed by atoms with Crippen LogP contribution in [0.2, 0.25) is 0 Å². The summed E-state index contributed by atoms with van der Waals surface area (Å²) in [6.07, 6.45) is 2.84. The summed E-state index contributed by atoms with van der Waals surface area (Å²) >= 11 is 0. The lowest BCUT2D eigenvalue weighted by Crippen LogP contribution is -2.20. The topological polar surface area (TPSA) is 58.9 Å². The molecule has 0 bridgehead atoms. The Morgan fingerprint density at radius 3 is 2.81 bits per heavy atom. The van der Waals surface area contributed by atoms with E-state index in [0.717, 1.165) is 11.1 Å². The van der Waals surface area contributed by atoms with Gasteiger partial charge < -0.3 is 9.94 Å². The summed E-state index contributed by atoms with van der Waals surface area (Å²) in [4.78, 5) is 11.0. The van der Waals surface area contributed by atoms with E-state index in [2.05, 4.69) is 5.16 Å².